The molecule has 12 heavy (non-hydrogen) atoms. The van der Waals surface area contributed by atoms with Crippen LogP contribution >= 0.6 is 0 Å². The van der Waals surface area contributed by atoms with Gasteiger partial charge in [-0.25, -0.2) is 9.97 Å². The Balaban J connectivity index is 0.000000202. The summed E-state index contributed by atoms with van der Waals surface area (Å²) < 4.78 is 0. The molecule has 5 nitrogen and oxygen atoms in total. The van der Waals surface area contributed by atoms with E-state index in [-0.39, 0.29) is 5.96 Å². The normalized spacial score (nSPS) is 7.83. The number of rotatable bonds is 0. The van der Waals surface area contributed by atoms with Gasteiger partial charge >= 0.3 is 0 Å². The van der Waals surface area contributed by atoms with Crippen LogP contribution in [0.1, 0.15) is 0 Å². The molecule has 0 bridgehead atoms. The van der Waals surface area contributed by atoms with Crippen molar-refractivity contribution in [3.63, 3.8) is 0 Å². The average Bonchev–Trinajstić information content (AvgIpc) is 2.08. The molecule has 0 saturated heterocycles. The summed E-state index contributed by atoms with van der Waals surface area (Å²) in [5.74, 6) is 0.0926. The predicted molar refractivity (Wildman–Crippen MR) is 47.6 cm³/mol. The zero-order chi connectivity index (χ0) is 9.40. The van der Waals surface area contributed by atoms with E-state index in [4.69, 9.17) is 11.1 Å². The monoisotopic (exact) mass is 167 g/mol. The number of guanidine groups is 1. The van der Waals surface area contributed by atoms with Crippen molar-refractivity contribution in [2.24, 2.45) is 5.73 Å². The van der Waals surface area contributed by atoms with Crippen LogP contribution in [0.25, 0.3) is 0 Å². The lowest BCUT2D eigenvalue weighted by atomic mass is 10.7. The van der Waals surface area contributed by atoms with Gasteiger partial charge < -0.3 is 10.6 Å². The van der Waals surface area contributed by atoms with Gasteiger partial charge in [-0.3, -0.25) is 5.41 Å². The average molecular weight is 167 g/mol. The first-order chi connectivity index (χ1) is 5.64. The SMILES string of the molecule is CN(C)C(=N)N.c1cncnc1. The summed E-state index contributed by atoms with van der Waals surface area (Å²) in [4.78, 5) is 8.88. The third-order valence-corrected chi connectivity index (χ3v) is 0.959. The van der Waals surface area contributed by atoms with E-state index in [2.05, 4.69) is 9.97 Å². The Morgan fingerprint density at radius 2 is 1.75 bits per heavy atom. The first kappa shape index (κ1) is 10.3. The van der Waals surface area contributed by atoms with Crippen molar-refractivity contribution in [1.82, 2.24) is 14.9 Å². The molecule has 66 valence electrons. The zero-order valence-electron chi connectivity index (χ0n) is 7.23. The standard InChI is InChI=1S/C4H4N2.C3H9N3/c1-2-5-4-6-3-1;1-6(2)3(4)5/h1-4H;1-2H3,(H3,4,5). The van der Waals surface area contributed by atoms with Crippen LogP contribution in [0.4, 0.5) is 0 Å². The van der Waals surface area contributed by atoms with Crippen molar-refractivity contribution in [2.45, 2.75) is 0 Å². The Morgan fingerprint density at radius 3 is 1.83 bits per heavy atom. The number of nitrogens with zero attached hydrogens (tertiary/aromatic N) is 3. The summed E-state index contributed by atoms with van der Waals surface area (Å²) in [6.45, 7) is 0. The van der Waals surface area contributed by atoms with Gasteiger partial charge in [-0.1, -0.05) is 0 Å². The molecule has 0 aromatic carbocycles. The summed E-state index contributed by atoms with van der Waals surface area (Å²) in [6.07, 6.45) is 4.88. The topological polar surface area (TPSA) is 78.9 Å². The first-order valence-corrected chi connectivity index (χ1v) is 3.36. The van der Waals surface area contributed by atoms with Crippen molar-refractivity contribution >= 4 is 5.96 Å². The number of hydrogen-bond donors (Lipinski definition) is 2. The van der Waals surface area contributed by atoms with Crippen LogP contribution in [-0.2, 0) is 0 Å². The van der Waals surface area contributed by atoms with Crippen LogP contribution in [0.3, 0.4) is 0 Å². The van der Waals surface area contributed by atoms with Crippen LogP contribution < -0.4 is 5.73 Å². The van der Waals surface area contributed by atoms with Crippen molar-refractivity contribution in [3.05, 3.63) is 24.8 Å². The van der Waals surface area contributed by atoms with Crippen molar-refractivity contribution in [3.8, 4) is 0 Å². The minimum absolute atomic E-state index is 0.0926. The second-order valence-corrected chi connectivity index (χ2v) is 2.18. The van der Waals surface area contributed by atoms with Gasteiger partial charge in [0.05, 0.1) is 0 Å². The molecule has 0 aliphatic carbocycles. The molecule has 0 unspecified atom stereocenters. The lowest BCUT2D eigenvalue weighted by molar-refractivity contribution is 0.609. The van der Waals surface area contributed by atoms with E-state index in [1.54, 1.807) is 32.6 Å². The Labute approximate surface area is 71.8 Å². The molecule has 1 aromatic rings. The summed E-state index contributed by atoms with van der Waals surface area (Å²) in [6, 6.07) is 1.78. The summed E-state index contributed by atoms with van der Waals surface area (Å²) >= 11 is 0. The van der Waals surface area contributed by atoms with Crippen LogP contribution in [0.2, 0.25) is 0 Å². The fraction of sp³-hybridized carbons (Fsp3) is 0.286. The Morgan fingerprint density at radius 1 is 1.33 bits per heavy atom. The van der Waals surface area contributed by atoms with E-state index in [1.807, 2.05) is 0 Å². The highest BCUT2D eigenvalue weighted by atomic mass is 15.2. The van der Waals surface area contributed by atoms with Gasteiger partial charge in [0.2, 0.25) is 0 Å². The van der Waals surface area contributed by atoms with Crippen LogP contribution in [0.15, 0.2) is 24.8 Å². The Kier molecular flexibility index (Phi) is 5.25. The fourth-order valence-corrected chi connectivity index (χ4v) is 0.253. The number of hydrogen-bond acceptors (Lipinski definition) is 3. The van der Waals surface area contributed by atoms with E-state index in [1.165, 1.54) is 11.2 Å². The second-order valence-electron chi connectivity index (χ2n) is 2.18. The number of aromatic nitrogens is 2. The van der Waals surface area contributed by atoms with Crippen molar-refractivity contribution in [1.29, 1.82) is 5.41 Å². The molecule has 1 rings (SSSR count). The molecule has 0 radical (unpaired) electrons. The Hall–Kier alpha value is -1.65. The molecule has 0 atom stereocenters. The quantitative estimate of drug-likeness (QED) is 0.418. The molecule has 1 heterocycles. The maximum absolute atomic E-state index is 6.65. The van der Waals surface area contributed by atoms with E-state index in [9.17, 15) is 0 Å². The van der Waals surface area contributed by atoms with Crippen LogP contribution in [0.5, 0.6) is 0 Å². The number of nitrogens with one attached hydrogen (secondary N) is 1. The minimum Gasteiger partial charge on any atom is -0.370 e. The van der Waals surface area contributed by atoms with Gasteiger partial charge in [0.15, 0.2) is 5.96 Å². The highest BCUT2D eigenvalue weighted by Gasteiger charge is 1.82. The molecule has 0 aliphatic rings. The van der Waals surface area contributed by atoms with E-state index in [0.717, 1.165) is 0 Å². The molecule has 0 saturated carbocycles. The largest absolute Gasteiger partial charge is 0.370 e. The fourth-order valence-electron chi connectivity index (χ4n) is 0.253. The van der Waals surface area contributed by atoms with Gasteiger partial charge in [-0.2, -0.15) is 0 Å². The van der Waals surface area contributed by atoms with E-state index < -0.39 is 0 Å². The zero-order valence-corrected chi connectivity index (χ0v) is 7.23. The molecule has 0 spiro atoms. The summed E-state index contributed by atoms with van der Waals surface area (Å²) in [5.41, 5.74) is 4.94. The minimum atomic E-state index is 0.0926. The van der Waals surface area contributed by atoms with E-state index in [0.29, 0.717) is 0 Å². The summed E-state index contributed by atoms with van der Waals surface area (Å²) in [5, 5.41) is 6.65. The predicted octanol–water partition coefficient (Wildman–Crippen LogP) is -0.0819. The van der Waals surface area contributed by atoms with Gasteiger partial charge in [0, 0.05) is 26.5 Å². The maximum atomic E-state index is 6.65. The maximum Gasteiger partial charge on any atom is 0.187 e. The lowest BCUT2D eigenvalue weighted by Gasteiger charge is -2.05. The molecule has 0 amide bonds. The molecule has 3 N–H and O–H groups in total. The highest BCUT2D eigenvalue weighted by Crippen LogP contribution is 1.66. The van der Waals surface area contributed by atoms with Crippen molar-refractivity contribution in [2.75, 3.05) is 14.1 Å². The number of nitrogens with two attached hydrogens (primary N) is 1. The van der Waals surface area contributed by atoms with Crippen molar-refractivity contribution < 1.29 is 0 Å². The molecule has 0 fully saturated rings. The van der Waals surface area contributed by atoms with Gasteiger partial charge in [0.1, 0.15) is 6.33 Å². The molecule has 0 aliphatic heterocycles. The lowest BCUT2D eigenvalue weighted by Crippen LogP contribution is -2.28. The molecular formula is C7H13N5. The Bertz CT molecular complexity index is 182. The second kappa shape index (κ2) is 6.09. The highest BCUT2D eigenvalue weighted by molar-refractivity contribution is 5.73. The summed E-state index contributed by atoms with van der Waals surface area (Å²) in [7, 11) is 3.45. The third-order valence-electron chi connectivity index (χ3n) is 0.959. The molecular weight excluding hydrogens is 154 g/mol. The van der Waals surface area contributed by atoms with Gasteiger partial charge in [-0.15, -0.1) is 0 Å². The van der Waals surface area contributed by atoms with Gasteiger partial charge in [0.25, 0.3) is 0 Å². The molecule has 1 aromatic heterocycles. The molecule has 5 heteroatoms. The first-order valence-electron chi connectivity index (χ1n) is 3.36. The van der Waals surface area contributed by atoms with E-state index >= 15 is 0 Å². The smallest absolute Gasteiger partial charge is 0.187 e. The van der Waals surface area contributed by atoms with Gasteiger partial charge in [-0.05, 0) is 6.07 Å². The van der Waals surface area contributed by atoms with Crippen LogP contribution in [0, 0.1) is 5.41 Å². The third kappa shape index (κ3) is 6.47. The van der Waals surface area contributed by atoms with Crippen LogP contribution in [-0.4, -0.2) is 34.9 Å².